The molecule has 16 heavy (non-hydrogen) atoms. The summed E-state index contributed by atoms with van der Waals surface area (Å²) in [6, 6.07) is 8.19. The lowest BCUT2D eigenvalue weighted by Crippen LogP contribution is -2.15. The van der Waals surface area contributed by atoms with Crippen LogP contribution in [0.3, 0.4) is 0 Å². The molecule has 90 valence electrons. The van der Waals surface area contributed by atoms with Gasteiger partial charge < -0.3 is 5.11 Å². The molecule has 0 fully saturated rings. The minimum absolute atomic E-state index is 0.203. The predicted molar refractivity (Wildman–Crippen MR) is 72.5 cm³/mol. The molecule has 0 amide bonds. The molecular formula is C14H21BrO. The Labute approximate surface area is 107 Å². The van der Waals surface area contributed by atoms with Gasteiger partial charge in [0, 0.05) is 4.47 Å². The summed E-state index contributed by atoms with van der Waals surface area (Å²) in [7, 11) is 0. The van der Waals surface area contributed by atoms with Crippen LogP contribution in [-0.2, 0) is 6.42 Å². The van der Waals surface area contributed by atoms with Crippen LogP contribution < -0.4 is 0 Å². The summed E-state index contributed by atoms with van der Waals surface area (Å²) in [5.74, 6) is 0.658. The highest BCUT2D eigenvalue weighted by molar-refractivity contribution is 9.10. The molecule has 0 saturated heterocycles. The lowest BCUT2D eigenvalue weighted by molar-refractivity contribution is 0.139. The normalized spacial score (nSPS) is 13.1. The van der Waals surface area contributed by atoms with Crippen molar-refractivity contribution in [2.24, 2.45) is 5.92 Å². The molecule has 1 nitrogen and oxygen atoms in total. The second kappa shape index (κ2) is 7.08. The van der Waals surface area contributed by atoms with Crippen molar-refractivity contribution in [3.63, 3.8) is 0 Å². The third-order valence-corrected chi connectivity index (χ3v) is 3.67. The fourth-order valence-corrected chi connectivity index (χ4v) is 2.25. The third-order valence-electron chi connectivity index (χ3n) is 3.14. The molecule has 1 aromatic carbocycles. The molecule has 1 N–H and O–H groups in total. The van der Waals surface area contributed by atoms with Gasteiger partial charge in [-0.25, -0.2) is 0 Å². The fourth-order valence-electron chi connectivity index (χ4n) is 1.98. The zero-order valence-corrected chi connectivity index (χ0v) is 11.7. The van der Waals surface area contributed by atoms with Gasteiger partial charge in [-0.05, 0) is 36.5 Å². The van der Waals surface area contributed by atoms with Gasteiger partial charge in [0.05, 0.1) is 6.10 Å². The van der Waals surface area contributed by atoms with E-state index in [1.165, 1.54) is 5.56 Å². The lowest BCUT2D eigenvalue weighted by Gasteiger charge is -2.17. The second-order valence-electron chi connectivity index (χ2n) is 4.40. The van der Waals surface area contributed by atoms with Crippen LogP contribution in [0.4, 0.5) is 0 Å². The predicted octanol–water partition coefficient (Wildman–Crippen LogP) is 4.18. The molecule has 0 radical (unpaired) electrons. The summed E-state index contributed by atoms with van der Waals surface area (Å²) in [4.78, 5) is 0. The fraction of sp³-hybridized carbons (Fsp3) is 0.571. The van der Waals surface area contributed by atoms with Gasteiger partial charge in [-0.3, -0.25) is 0 Å². The number of benzene rings is 1. The maximum absolute atomic E-state index is 9.99. The van der Waals surface area contributed by atoms with Gasteiger partial charge >= 0.3 is 0 Å². The van der Waals surface area contributed by atoms with E-state index >= 15 is 0 Å². The first kappa shape index (κ1) is 13.7. The smallest absolute Gasteiger partial charge is 0.0583 e. The highest BCUT2D eigenvalue weighted by Gasteiger charge is 2.11. The van der Waals surface area contributed by atoms with Crippen molar-refractivity contribution in [2.45, 2.75) is 45.6 Å². The van der Waals surface area contributed by atoms with E-state index in [0.717, 1.165) is 30.2 Å². The van der Waals surface area contributed by atoms with Gasteiger partial charge in [-0.2, -0.15) is 0 Å². The van der Waals surface area contributed by atoms with E-state index in [1.807, 2.05) is 12.1 Å². The first-order valence-electron chi connectivity index (χ1n) is 6.08. The van der Waals surface area contributed by atoms with E-state index in [2.05, 4.69) is 41.9 Å². The molecule has 1 atom stereocenters. The standard InChI is InChI=1S/C14H21BrO/c1-3-11(4-2)9-14(16)10-12-5-7-13(15)8-6-12/h5-8,11,14,16H,3-4,9-10H2,1-2H3. The van der Waals surface area contributed by atoms with Gasteiger partial charge in [-0.1, -0.05) is 54.8 Å². The minimum atomic E-state index is -0.203. The third kappa shape index (κ3) is 4.67. The number of rotatable bonds is 6. The highest BCUT2D eigenvalue weighted by atomic mass is 79.9. The molecule has 1 unspecified atom stereocenters. The van der Waals surface area contributed by atoms with E-state index < -0.39 is 0 Å². The van der Waals surface area contributed by atoms with E-state index in [9.17, 15) is 5.11 Å². The van der Waals surface area contributed by atoms with Gasteiger partial charge in [0.1, 0.15) is 0 Å². The quantitative estimate of drug-likeness (QED) is 0.831. The first-order chi connectivity index (χ1) is 7.65. The molecular weight excluding hydrogens is 264 g/mol. The highest BCUT2D eigenvalue weighted by Crippen LogP contribution is 2.18. The zero-order valence-electron chi connectivity index (χ0n) is 10.1. The van der Waals surface area contributed by atoms with Crippen LogP contribution in [0.25, 0.3) is 0 Å². The Morgan fingerprint density at radius 1 is 1.12 bits per heavy atom. The molecule has 0 aliphatic rings. The number of aliphatic hydroxyl groups excluding tert-OH is 1. The molecule has 0 aliphatic heterocycles. The van der Waals surface area contributed by atoms with Crippen LogP contribution in [0.5, 0.6) is 0 Å². The van der Waals surface area contributed by atoms with Crippen molar-refractivity contribution in [1.82, 2.24) is 0 Å². The Bertz CT molecular complexity index is 290. The van der Waals surface area contributed by atoms with Crippen molar-refractivity contribution in [1.29, 1.82) is 0 Å². The molecule has 0 aliphatic carbocycles. The Balaban J connectivity index is 2.44. The van der Waals surface area contributed by atoms with E-state index in [4.69, 9.17) is 0 Å². The lowest BCUT2D eigenvalue weighted by atomic mass is 9.93. The Hall–Kier alpha value is -0.340. The van der Waals surface area contributed by atoms with Gasteiger partial charge in [0.15, 0.2) is 0 Å². The number of hydrogen-bond acceptors (Lipinski definition) is 1. The molecule has 0 aromatic heterocycles. The van der Waals surface area contributed by atoms with Crippen LogP contribution in [0.1, 0.15) is 38.7 Å². The Kier molecular flexibility index (Phi) is 6.07. The first-order valence-corrected chi connectivity index (χ1v) is 6.87. The monoisotopic (exact) mass is 284 g/mol. The molecule has 2 heteroatoms. The average molecular weight is 285 g/mol. The van der Waals surface area contributed by atoms with Crippen LogP contribution in [0, 0.1) is 5.92 Å². The van der Waals surface area contributed by atoms with Crippen LogP contribution in [-0.4, -0.2) is 11.2 Å². The maximum Gasteiger partial charge on any atom is 0.0583 e. The average Bonchev–Trinajstić information content (AvgIpc) is 2.29. The van der Waals surface area contributed by atoms with Gasteiger partial charge in [-0.15, -0.1) is 0 Å². The van der Waals surface area contributed by atoms with Crippen molar-refractivity contribution in [3.8, 4) is 0 Å². The summed E-state index contributed by atoms with van der Waals surface area (Å²) in [5, 5.41) is 9.99. The van der Waals surface area contributed by atoms with Gasteiger partial charge in [0.25, 0.3) is 0 Å². The zero-order chi connectivity index (χ0) is 12.0. The molecule has 0 heterocycles. The molecule has 0 spiro atoms. The van der Waals surface area contributed by atoms with Gasteiger partial charge in [0.2, 0.25) is 0 Å². The minimum Gasteiger partial charge on any atom is -0.393 e. The van der Waals surface area contributed by atoms with Crippen LogP contribution in [0.2, 0.25) is 0 Å². The number of halogens is 1. The van der Waals surface area contributed by atoms with Crippen LogP contribution in [0.15, 0.2) is 28.7 Å². The van der Waals surface area contributed by atoms with E-state index in [1.54, 1.807) is 0 Å². The second-order valence-corrected chi connectivity index (χ2v) is 5.32. The van der Waals surface area contributed by atoms with E-state index in [0.29, 0.717) is 5.92 Å². The maximum atomic E-state index is 9.99. The number of aliphatic hydroxyl groups is 1. The number of hydrogen-bond donors (Lipinski definition) is 1. The molecule has 0 saturated carbocycles. The summed E-state index contributed by atoms with van der Waals surface area (Å²) in [6.07, 6.45) is 3.81. The van der Waals surface area contributed by atoms with E-state index in [-0.39, 0.29) is 6.10 Å². The summed E-state index contributed by atoms with van der Waals surface area (Å²) >= 11 is 3.41. The topological polar surface area (TPSA) is 20.2 Å². The Morgan fingerprint density at radius 2 is 1.69 bits per heavy atom. The molecule has 1 rings (SSSR count). The molecule has 0 bridgehead atoms. The summed E-state index contributed by atoms with van der Waals surface area (Å²) < 4.78 is 1.09. The summed E-state index contributed by atoms with van der Waals surface area (Å²) in [5.41, 5.74) is 1.21. The van der Waals surface area contributed by atoms with Crippen molar-refractivity contribution < 1.29 is 5.11 Å². The summed E-state index contributed by atoms with van der Waals surface area (Å²) in [6.45, 7) is 4.39. The Morgan fingerprint density at radius 3 is 2.19 bits per heavy atom. The van der Waals surface area contributed by atoms with Crippen molar-refractivity contribution >= 4 is 15.9 Å². The van der Waals surface area contributed by atoms with Crippen LogP contribution >= 0.6 is 15.9 Å². The SMILES string of the molecule is CCC(CC)CC(O)Cc1ccc(Br)cc1. The molecule has 1 aromatic rings. The van der Waals surface area contributed by atoms with Crippen molar-refractivity contribution in [2.75, 3.05) is 0 Å². The van der Waals surface area contributed by atoms with Crippen molar-refractivity contribution in [3.05, 3.63) is 34.3 Å². The largest absolute Gasteiger partial charge is 0.393 e.